The first-order chi connectivity index (χ1) is 9.52. The van der Waals surface area contributed by atoms with E-state index in [1.54, 1.807) is 6.07 Å². The molecule has 0 aliphatic rings. The quantitative estimate of drug-likeness (QED) is 0.784. The number of carboxylic acid groups (broad SMARTS) is 1. The van der Waals surface area contributed by atoms with Crippen LogP contribution < -0.4 is 5.73 Å². The number of furan rings is 1. The lowest BCUT2D eigenvalue weighted by Crippen LogP contribution is -2.11. The highest BCUT2D eigenvalue weighted by Gasteiger charge is 2.15. The molecule has 3 N–H and O–H groups in total. The summed E-state index contributed by atoms with van der Waals surface area (Å²) in [5, 5.41) is 17.7. The van der Waals surface area contributed by atoms with E-state index in [9.17, 15) is 4.79 Å². The molecule has 0 saturated carbocycles. The summed E-state index contributed by atoms with van der Waals surface area (Å²) in [6.07, 6.45) is 0. The van der Waals surface area contributed by atoms with Gasteiger partial charge in [0.1, 0.15) is 11.6 Å². The van der Waals surface area contributed by atoms with Crippen molar-refractivity contribution < 1.29 is 14.3 Å². The van der Waals surface area contributed by atoms with Gasteiger partial charge in [0.05, 0.1) is 12.3 Å². The van der Waals surface area contributed by atoms with E-state index in [4.69, 9.17) is 15.3 Å². The van der Waals surface area contributed by atoms with E-state index in [0.717, 1.165) is 11.0 Å². The second-order valence-electron chi connectivity index (χ2n) is 4.43. The zero-order chi connectivity index (χ0) is 14.7. The van der Waals surface area contributed by atoms with Crippen LogP contribution in [0.25, 0.3) is 0 Å². The van der Waals surface area contributed by atoms with Gasteiger partial charge < -0.3 is 19.8 Å². The molecule has 0 aromatic carbocycles. The molecule has 8 heteroatoms. The Kier molecular flexibility index (Phi) is 4.46. The third-order valence-corrected chi connectivity index (χ3v) is 3.62. The van der Waals surface area contributed by atoms with Gasteiger partial charge >= 0.3 is 5.97 Å². The zero-order valence-electron chi connectivity index (χ0n) is 11.2. The van der Waals surface area contributed by atoms with E-state index in [2.05, 4.69) is 10.2 Å². The number of thioether (sulfide) groups is 1. The Bertz CT molecular complexity index is 606. The summed E-state index contributed by atoms with van der Waals surface area (Å²) in [6.45, 7) is 4.39. The average molecular weight is 296 g/mol. The number of aromatic nitrogens is 3. The summed E-state index contributed by atoms with van der Waals surface area (Å²) in [7, 11) is 0. The van der Waals surface area contributed by atoms with Crippen LogP contribution in [0.4, 0.5) is 0 Å². The van der Waals surface area contributed by atoms with Gasteiger partial charge in [-0.25, -0.2) is 4.79 Å². The van der Waals surface area contributed by atoms with E-state index < -0.39 is 5.97 Å². The van der Waals surface area contributed by atoms with Crippen molar-refractivity contribution in [2.45, 2.75) is 37.3 Å². The number of carbonyl (C=O) groups is 1. The fourth-order valence-electron chi connectivity index (χ4n) is 1.77. The molecule has 0 aliphatic carbocycles. The van der Waals surface area contributed by atoms with Crippen LogP contribution in [-0.2, 0) is 12.3 Å². The van der Waals surface area contributed by atoms with Crippen molar-refractivity contribution in [2.24, 2.45) is 5.73 Å². The molecule has 0 aliphatic heterocycles. The molecule has 7 nitrogen and oxygen atoms in total. The molecular weight excluding hydrogens is 280 g/mol. The van der Waals surface area contributed by atoms with Crippen LogP contribution >= 0.6 is 11.8 Å². The first-order valence-electron chi connectivity index (χ1n) is 6.11. The Hall–Kier alpha value is -1.80. The summed E-state index contributed by atoms with van der Waals surface area (Å²) >= 11 is 1.44. The smallest absolute Gasteiger partial charge is 0.371 e. The number of aromatic carboxylic acids is 1. The van der Waals surface area contributed by atoms with Crippen molar-refractivity contribution in [3.63, 3.8) is 0 Å². The third-order valence-electron chi connectivity index (χ3n) is 2.65. The monoisotopic (exact) mass is 296 g/mol. The summed E-state index contributed by atoms with van der Waals surface area (Å²) in [6, 6.07) is 3.30. The third kappa shape index (κ3) is 3.02. The summed E-state index contributed by atoms with van der Waals surface area (Å²) in [5.41, 5.74) is 5.63. The minimum atomic E-state index is -1.07. The molecule has 0 radical (unpaired) electrons. The molecule has 0 saturated heterocycles. The topological polar surface area (TPSA) is 107 Å². The van der Waals surface area contributed by atoms with Gasteiger partial charge in [-0.2, -0.15) is 0 Å². The van der Waals surface area contributed by atoms with Crippen LogP contribution in [0.15, 0.2) is 21.7 Å². The first-order valence-corrected chi connectivity index (χ1v) is 7.10. The van der Waals surface area contributed by atoms with Gasteiger partial charge in [-0.1, -0.05) is 11.8 Å². The van der Waals surface area contributed by atoms with Gasteiger partial charge in [0, 0.05) is 6.04 Å². The van der Waals surface area contributed by atoms with E-state index in [1.807, 2.05) is 18.4 Å². The Morgan fingerprint density at radius 2 is 2.25 bits per heavy atom. The van der Waals surface area contributed by atoms with Gasteiger partial charge in [-0.15, -0.1) is 10.2 Å². The maximum Gasteiger partial charge on any atom is 0.371 e. The molecule has 20 heavy (non-hydrogen) atoms. The first kappa shape index (κ1) is 14.6. The molecule has 0 atom stereocenters. The van der Waals surface area contributed by atoms with Crippen molar-refractivity contribution >= 4 is 17.7 Å². The van der Waals surface area contributed by atoms with Gasteiger partial charge in [-0.05, 0) is 26.0 Å². The second-order valence-corrected chi connectivity index (χ2v) is 5.37. The number of hydrogen-bond acceptors (Lipinski definition) is 6. The highest BCUT2D eigenvalue weighted by atomic mass is 32.2. The highest BCUT2D eigenvalue weighted by Crippen LogP contribution is 2.25. The lowest BCUT2D eigenvalue weighted by atomic mass is 10.4. The van der Waals surface area contributed by atoms with E-state index >= 15 is 0 Å². The maximum atomic E-state index is 10.7. The normalized spacial score (nSPS) is 11.2. The molecule has 2 rings (SSSR count). The molecule has 0 amide bonds. The van der Waals surface area contributed by atoms with Gasteiger partial charge in [0.2, 0.25) is 5.76 Å². The van der Waals surface area contributed by atoms with Crippen LogP contribution in [0.3, 0.4) is 0 Å². The lowest BCUT2D eigenvalue weighted by Gasteiger charge is -2.12. The van der Waals surface area contributed by atoms with Crippen molar-refractivity contribution in [1.82, 2.24) is 14.8 Å². The van der Waals surface area contributed by atoms with Crippen LogP contribution in [0.5, 0.6) is 0 Å². The number of rotatable bonds is 6. The van der Waals surface area contributed by atoms with Gasteiger partial charge in [0.25, 0.3) is 0 Å². The van der Waals surface area contributed by atoms with Crippen molar-refractivity contribution in [2.75, 3.05) is 0 Å². The molecule has 2 aromatic heterocycles. The minimum absolute atomic E-state index is 0.0615. The molecule has 108 valence electrons. The van der Waals surface area contributed by atoms with Gasteiger partial charge in [0.15, 0.2) is 5.16 Å². The standard InChI is InChI=1S/C12H16N4O3S/c1-7(2)16-10(5-13)14-15-12(16)20-6-8-3-4-9(19-8)11(17)18/h3-4,7H,5-6,13H2,1-2H3,(H,17,18). The Balaban J connectivity index is 2.10. The molecule has 2 aromatic rings. The summed E-state index contributed by atoms with van der Waals surface area (Å²) < 4.78 is 7.16. The van der Waals surface area contributed by atoms with Crippen LogP contribution in [0.2, 0.25) is 0 Å². The Morgan fingerprint density at radius 1 is 1.50 bits per heavy atom. The van der Waals surface area contributed by atoms with Crippen LogP contribution in [-0.4, -0.2) is 25.8 Å². The molecule has 0 unspecified atom stereocenters. The fraction of sp³-hybridized carbons (Fsp3) is 0.417. The van der Waals surface area contributed by atoms with Gasteiger partial charge in [-0.3, -0.25) is 0 Å². The molecule has 0 spiro atoms. The fourth-order valence-corrected chi connectivity index (χ4v) is 2.75. The highest BCUT2D eigenvalue weighted by molar-refractivity contribution is 7.98. The minimum Gasteiger partial charge on any atom is -0.475 e. The molecule has 0 fully saturated rings. The Morgan fingerprint density at radius 3 is 2.80 bits per heavy atom. The lowest BCUT2D eigenvalue weighted by molar-refractivity contribution is 0.0661. The van der Waals surface area contributed by atoms with E-state index in [0.29, 0.717) is 18.1 Å². The van der Waals surface area contributed by atoms with E-state index in [-0.39, 0.29) is 11.8 Å². The van der Waals surface area contributed by atoms with Crippen molar-refractivity contribution in [3.05, 3.63) is 29.5 Å². The van der Waals surface area contributed by atoms with E-state index in [1.165, 1.54) is 17.8 Å². The van der Waals surface area contributed by atoms with Crippen LogP contribution in [0.1, 0.15) is 42.0 Å². The van der Waals surface area contributed by atoms with Crippen molar-refractivity contribution in [3.8, 4) is 0 Å². The average Bonchev–Trinajstić information content (AvgIpc) is 3.02. The summed E-state index contributed by atoms with van der Waals surface area (Å²) in [4.78, 5) is 10.7. The molecule has 0 bridgehead atoms. The predicted molar refractivity (Wildman–Crippen MR) is 73.5 cm³/mol. The number of carboxylic acids is 1. The SMILES string of the molecule is CC(C)n1c(CN)nnc1SCc1ccc(C(=O)O)o1. The van der Waals surface area contributed by atoms with Crippen LogP contribution in [0, 0.1) is 0 Å². The predicted octanol–water partition coefficient (Wildman–Crippen LogP) is 1.90. The Labute approximate surface area is 120 Å². The van der Waals surface area contributed by atoms with Crippen molar-refractivity contribution in [1.29, 1.82) is 0 Å². The molecular formula is C12H16N4O3S. The number of nitrogens with zero attached hydrogens (tertiary/aromatic N) is 3. The number of nitrogens with two attached hydrogens (primary N) is 1. The number of hydrogen-bond donors (Lipinski definition) is 2. The molecule has 2 heterocycles. The maximum absolute atomic E-state index is 10.7. The summed E-state index contributed by atoms with van der Waals surface area (Å²) in [5.74, 6) is 0.668. The zero-order valence-corrected chi connectivity index (χ0v) is 12.1. The largest absolute Gasteiger partial charge is 0.475 e. The second kappa shape index (κ2) is 6.10.